The Kier molecular flexibility index (Phi) is 6.54. The van der Waals surface area contributed by atoms with Crippen LogP contribution in [-0.4, -0.2) is 93.4 Å². The lowest BCUT2D eigenvalue weighted by molar-refractivity contribution is -0.658. The maximum atomic E-state index is 13.3. The number of aromatic nitrogens is 2. The van der Waals surface area contributed by atoms with Crippen LogP contribution in [0.2, 0.25) is 0 Å². The quantitative estimate of drug-likeness (QED) is 0.321. The summed E-state index contributed by atoms with van der Waals surface area (Å²) in [6, 6.07) is -0.671. The van der Waals surface area contributed by atoms with Crippen molar-refractivity contribution in [2.24, 2.45) is 25.9 Å². The predicted molar refractivity (Wildman–Crippen MR) is 130 cm³/mol. The van der Waals surface area contributed by atoms with Gasteiger partial charge in [-0.1, -0.05) is 6.92 Å². The molecular formula is C24H34N6O5S. The first-order valence-electron chi connectivity index (χ1n) is 12.5. The van der Waals surface area contributed by atoms with Crippen molar-refractivity contribution in [3.63, 3.8) is 0 Å². The topological polar surface area (TPSA) is 125 Å². The predicted octanol–water partition coefficient (Wildman–Crippen LogP) is -2.22. The van der Waals surface area contributed by atoms with Crippen molar-refractivity contribution in [3.05, 3.63) is 23.0 Å². The minimum atomic E-state index is -1.37. The third-order valence-corrected chi connectivity index (χ3v) is 9.51. The molecule has 0 aromatic carbocycles. The van der Waals surface area contributed by atoms with Crippen LogP contribution in [0.3, 0.4) is 0 Å². The minimum absolute atomic E-state index is 0.00765. The van der Waals surface area contributed by atoms with Crippen molar-refractivity contribution >= 4 is 35.5 Å². The van der Waals surface area contributed by atoms with Crippen LogP contribution < -0.4 is 19.9 Å². The number of anilines is 1. The molecule has 1 aromatic heterocycles. The largest absolute Gasteiger partial charge is 0.543 e. The van der Waals surface area contributed by atoms with E-state index in [1.165, 1.54) is 16.7 Å². The summed E-state index contributed by atoms with van der Waals surface area (Å²) < 4.78 is 4.16. The van der Waals surface area contributed by atoms with Gasteiger partial charge in [0.15, 0.2) is 0 Å². The smallest absolute Gasteiger partial charge is 0.359 e. The maximum Gasteiger partial charge on any atom is 0.359 e. The number of carboxylic acid groups (broad SMARTS) is 1. The fourth-order valence-corrected chi connectivity index (χ4v) is 7.68. The number of aliphatic carboxylic acids is 1. The SMILES string of the molecule is C[C@@H](O)[C@H]1C(=O)N2C(C(=O)[O-])=C(S[C@@H]3CN[C@H](C(=O)N4CCN(c5n(C)cc[n+]5C)CC4)C3)[C@H](C)[C@H]12. The molecule has 4 aliphatic rings. The molecule has 0 unspecified atom stereocenters. The van der Waals surface area contributed by atoms with Gasteiger partial charge in [0.05, 0.1) is 88.4 Å². The molecule has 0 radical (unpaired) electrons. The van der Waals surface area contributed by atoms with Gasteiger partial charge in [-0.05, 0) is 13.3 Å². The highest BCUT2D eigenvalue weighted by Gasteiger charge is 2.59. The Bertz CT molecular complexity index is 1090. The third kappa shape index (κ3) is 3.99. The lowest BCUT2D eigenvalue weighted by Gasteiger charge is -2.47. The number of β-lactam (4-membered cyclic amide) rings is 1. The van der Waals surface area contributed by atoms with Crippen LogP contribution in [0.4, 0.5) is 5.95 Å². The second-order valence-corrected chi connectivity index (χ2v) is 11.7. The lowest BCUT2D eigenvalue weighted by atomic mass is 9.79. The summed E-state index contributed by atoms with van der Waals surface area (Å²) in [5, 5.41) is 25.3. The highest BCUT2D eigenvalue weighted by atomic mass is 32.2. The molecular weight excluding hydrogens is 484 g/mol. The number of hydrogen-bond acceptors (Lipinski definition) is 8. The number of imidazole rings is 1. The fraction of sp³-hybridized carbons (Fsp3) is 0.667. The van der Waals surface area contributed by atoms with Crippen LogP contribution in [0, 0.1) is 11.8 Å². The summed E-state index contributed by atoms with van der Waals surface area (Å²) >= 11 is 1.43. The minimum Gasteiger partial charge on any atom is -0.543 e. The van der Waals surface area contributed by atoms with Gasteiger partial charge in [0.1, 0.15) is 0 Å². The molecule has 12 heteroatoms. The fourth-order valence-electron chi connectivity index (χ4n) is 6.21. The molecule has 0 aliphatic carbocycles. The summed E-state index contributed by atoms with van der Waals surface area (Å²) in [6.45, 7) is 6.86. The van der Waals surface area contributed by atoms with E-state index in [9.17, 15) is 24.6 Å². The number of nitrogens with zero attached hydrogens (tertiary/aromatic N) is 5. The van der Waals surface area contributed by atoms with Crippen molar-refractivity contribution in [1.29, 1.82) is 0 Å². The molecule has 36 heavy (non-hydrogen) atoms. The molecule has 2 N–H and O–H groups in total. The number of aliphatic hydroxyl groups is 1. The zero-order valence-corrected chi connectivity index (χ0v) is 21.9. The number of hydrogen-bond donors (Lipinski definition) is 2. The molecule has 6 atom stereocenters. The summed E-state index contributed by atoms with van der Waals surface area (Å²) in [7, 11) is 4.03. The molecule has 2 amide bonds. The first-order valence-corrected chi connectivity index (χ1v) is 13.4. The summed E-state index contributed by atoms with van der Waals surface area (Å²) in [5.74, 6) is -1.34. The number of aryl methyl sites for hydroxylation is 2. The summed E-state index contributed by atoms with van der Waals surface area (Å²) in [4.78, 5) is 43.8. The van der Waals surface area contributed by atoms with Crippen LogP contribution in [0.1, 0.15) is 20.3 Å². The number of amides is 2. The first kappa shape index (κ1) is 25.1. The normalized spacial score (nSPS) is 31.1. The zero-order valence-electron chi connectivity index (χ0n) is 21.1. The van der Waals surface area contributed by atoms with Gasteiger partial charge in [0.2, 0.25) is 11.8 Å². The Labute approximate surface area is 214 Å². The Morgan fingerprint density at radius 1 is 1.28 bits per heavy atom. The number of fused-ring (bicyclic) bond motifs is 1. The molecule has 0 bridgehead atoms. The second-order valence-electron chi connectivity index (χ2n) is 10.3. The monoisotopic (exact) mass is 518 g/mol. The molecule has 196 valence electrons. The van der Waals surface area contributed by atoms with Crippen molar-refractivity contribution in [1.82, 2.24) is 19.7 Å². The van der Waals surface area contributed by atoms with E-state index in [1.54, 1.807) is 6.92 Å². The molecule has 5 heterocycles. The van der Waals surface area contributed by atoms with E-state index in [-0.39, 0.29) is 40.8 Å². The van der Waals surface area contributed by atoms with Crippen LogP contribution >= 0.6 is 11.8 Å². The van der Waals surface area contributed by atoms with E-state index in [2.05, 4.69) is 19.4 Å². The number of carboxylic acids is 1. The average Bonchev–Trinajstić information content (AvgIpc) is 3.50. The van der Waals surface area contributed by atoms with Gasteiger partial charge in [-0.15, -0.1) is 11.8 Å². The summed E-state index contributed by atoms with van der Waals surface area (Å²) in [5.41, 5.74) is -0.0702. The van der Waals surface area contributed by atoms with Crippen molar-refractivity contribution < 1.29 is 29.2 Å². The highest BCUT2D eigenvalue weighted by molar-refractivity contribution is 8.03. The molecule has 1 aromatic rings. The first-order chi connectivity index (χ1) is 17.1. The highest BCUT2D eigenvalue weighted by Crippen LogP contribution is 2.51. The molecule has 11 nitrogen and oxygen atoms in total. The van der Waals surface area contributed by atoms with E-state index in [4.69, 9.17) is 0 Å². The van der Waals surface area contributed by atoms with Gasteiger partial charge in [0.25, 0.3) is 0 Å². The maximum absolute atomic E-state index is 13.3. The van der Waals surface area contributed by atoms with Crippen LogP contribution in [0.25, 0.3) is 0 Å². The summed E-state index contributed by atoms with van der Waals surface area (Å²) in [6.07, 6.45) is 3.78. The van der Waals surface area contributed by atoms with Gasteiger partial charge >= 0.3 is 5.95 Å². The molecule has 3 saturated heterocycles. The van der Waals surface area contributed by atoms with Gasteiger partial charge < -0.3 is 30.1 Å². The standard InChI is InChI=1S/C24H34N6O5S/c1-13-18-17(14(2)31)22(33)30(18)19(23(34)35)20(13)36-15-11-16(25-12-15)21(32)28-7-9-29(10-8-28)24-26(3)5-6-27(24)4/h5-6,13-18,25,31H,7-12H2,1-4H3/t13-,14-,15+,16+,17-,18-/m1/s1. The Hall–Kier alpha value is -2.57. The van der Waals surface area contributed by atoms with Crippen molar-refractivity contribution in [3.8, 4) is 0 Å². The molecule has 4 aliphatic heterocycles. The molecule has 3 fully saturated rings. The van der Waals surface area contributed by atoms with Gasteiger partial charge in [-0.3, -0.25) is 14.5 Å². The number of aliphatic hydroxyl groups excluding tert-OH is 1. The average molecular weight is 519 g/mol. The number of carbonyl (C=O) groups excluding carboxylic acids is 3. The van der Waals surface area contributed by atoms with Crippen LogP contribution in [-0.2, 0) is 28.5 Å². The number of piperazine rings is 1. The van der Waals surface area contributed by atoms with E-state index in [0.717, 1.165) is 19.0 Å². The zero-order chi connectivity index (χ0) is 25.9. The Morgan fingerprint density at radius 3 is 2.56 bits per heavy atom. The number of rotatable bonds is 6. The van der Waals surface area contributed by atoms with Crippen LogP contribution in [0.15, 0.2) is 23.0 Å². The molecule has 5 rings (SSSR count). The third-order valence-electron chi connectivity index (χ3n) is 8.00. The van der Waals surface area contributed by atoms with E-state index in [1.807, 2.05) is 38.3 Å². The number of nitrogens with one attached hydrogen (secondary N) is 1. The lowest BCUT2D eigenvalue weighted by Crippen LogP contribution is -2.64. The van der Waals surface area contributed by atoms with Gasteiger partial charge in [0, 0.05) is 22.6 Å². The van der Waals surface area contributed by atoms with Gasteiger partial charge in [-0.2, -0.15) is 0 Å². The number of carbonyl (C=O) groups is 3. The van der Waals surface area contributed by atoms with E-state index < -0.39 is 18.0 Å². The van der Waals surface area contributed by atoms with E-state index >= 15 is 0 Å². The molecule has 0 spiro atoms. The molecule has 0 saturated carbocycles. The van der Waals surface area contributed by atoms with Gasteiger partial charge in [-0.25, -0.2) is 9.13 Å². The van der Waals surface area contributed by atoms with E-state index in [0.29, 0.717) is 31.0 Å². The second kappa shape index (κ2) is 9.38. The van der Waals surface area contributed by atoms with Crippen LogP contribution in [0.5, 0.6) is 0 Å². The Balaban J connectivity index is 1.20. The van der Waals surface area contributed by atoms with Crippen molar-refractivity contribution in [2.75, 3.05) is 37.6 Å². The Morgan fingerprint density at radius 2 is 1.97 bits per heavy atom. The van der Waals surface area contributed by atoms with Crippen molar-refractivity contribution in [2.45, 2.75) is 43.7 Å². The number of thioether (sulfide) groups is 1.